The van der Waals surface area contributed by atoms with Gasteiger partial charge >= 0.3 is 6.03 Å². The standard InChI is InChI=1S/C19H26N4O2/c1-14(21-18(25)22-19(2,13-24)17-8-9-17)16-10-20-23(12-16)11-15-6-4-3-5-7-15/h3-7,10,12,14,17,24H,8-9,11,13H2,1-2H3,(H2,21,22,25). The van der Waals surface area contributed by atoms with Gasteiger partial charge in [0.05, 0.1) is 30.9 Å². The van der Waals surface area contributed by atoms with Crippen LogP contribution in [0.25, 0.3) is 0 Å². The van der Waals surface area contributed by atoms with Gasteiger partial charge in [0.25, 0.3) is 0 Å². The lowest BCUT2D eigenvalue weighted by Crippen LogP contribution is -2.54. The minimum absolute atomic E-state index is 0.0471. The Balaban J connectivity index is 1.56. The maximum atomic E-state index is 12.3. The summed E-state index contributed by atoms with van der Waals surface area (Å²) in [7, 11) is 0. The smallest absolute Gasteiger partial charge is 0.315 e. The van der Waals surface area contributed by atoms with Crippen molar-refractivity contribution in [2.45, 2.75) is 44.8 Å². The maximum Gasteiger partial charge on any atom is 0.315 e. The number of urea groups is 1. The molecule has 2 amide bonds. The quantitative estimate of drug-likeness (QED) is 0.723. The van der Waals surface area contributed by atoms with Gasteiger partial charge in [0.2, 0.25) is 0 Å². The Bertz CT molecular complexity index is 711. The molecule has 1 aromatic heterocycles. The largest absolute Gasteiger partial charge is 0.394 e. The molecule has 1 heterocycles. The highest BCUT2D eigenvalue weighted by molar-refractivity contribution is 5.75. The minimum atomic E-state index is -0.540. The zero-order valence-electron chi connectivity index (χ0n) is 14.8. The first-order chi connectivity index (χ1) is 12.0. The van der Waals surface area contributed by atoms with Crippen LogP contribution < -0.4 is 10.6 Å². The highest BCUT2D eigenvalue weighted by Gasteiger charge is 2.42. The number of rotatable bonds is 7. The van der Waals surface area contributed by atoms with E-state index in [4.69, 9.17) is 0 Å². The van der Waals surface area contributed by atoms with Crippen LogP contribution in [0.5, 0.6) is 0 Å². The van der Waals surface area contributed by atoms with Crippen molar-refractivity contribution in [2.75, 3.05) is 6.61 Å². The van der Waals surface area contributed by atoms with E-state index in [2.05, 4.69) is 27.9 Å². The van der Waals surface area contributed by atoms with Crippen LogP contribution in [-0.2, 0) is 6.54 Å². The molecular formula is C19H26N4O2. The van der Waals surface area contributed by atoms with Crippen molar-refractivity contribution in [3.63, 3.8) is 0 Å². The first-order valence-electron chi connectivity index (χ1n) is 8.76. The number of nitrogens with one attached hydrogen (secondary N) is 2. The Kier molecular flexibility index (Phi) is 5.08. The van der Waals surface area contributed by atoms with Gasteiger partial charge in [0, 0.05) is 11.8 Å². The predicted octanol–water partition coefficient (Wildman–Crippen LogP) is 2.45. The van der Waals surface area contributed by atoms with E-state index in [0.717, 1.165) is 18.4 Å². The first-order valence-corrected chi connectivity index (χ1v) is 8.76. The fraction of sp³-hybridized carbons (Fsp3) is 0.474. The lowest BCUT2D eigenvalue weighted by molar-refractivity contribution is 0.154. The van der Waals surface area contributed by atoms with Crippen LogP contribution in [0.3, 0.4) is 0 Å². The van der Waals surface area contributed by atoms with Crippen LogP contribution in [0.4, 0.5) is 4.79 Å². The van der Waals surface area contributed by atoms with Gasteiger partial charge in [0.1, 0.15) is 0 Å². The number of aromatic nitrogens is 2. The Labute approximate surface area is 148 Å². The Morgan fingerprint density at radius 3 is 2.76 bits per heavy atom. The number of hydrogen-bond acceptors (Lipinski definition) is 3. The van der Waals surface area contributed by atoms with Crippen molar-refractivity contribution in [3.8, 4) is 0 Å². The molecule has 3 rings (SSSR count). The molecule has 1 fully saturated rings. The molecule has 1 aromatic carbocycles. The normalized spacial score (nSPS) is 17.6. The number of hydrogen-bond donors (Lipinski definition) is 3. The number of amides is 2. The Hall–Kier alpha value is -2.34. The summed E-state index contributed by atoms with van der Waals surface area (Å²) >= 11 is 0. The third-order valence-electron chi connectivity index (χ3n) is 4.89. The molecule has 6 nitrogen and oxygen atoms in total. The number of aliphatic hydroxyl groups is 1. The van der Waals surface area contributed by atoms with Crippen molar-refractivity contribution in [2.24, 2.45) is 5.92 Å². The fourth-order valence-corrected chi connectivity index (χ4v) is 3.03. The SMILES string of the molecule is CC(NC(=O)NC(C)(CO)C1CC1)c1cnn(Cc2ccccc2)c1. The molecule has 0 radical (unpaired) electrons. The van der Waals surface area contributed by atoms with Crippen LogP contribution in [0.1, 0.15) is 43.9 Å². The van der Waals surface area contributed by atoms with Gasteiger partial charge in [-0.1, -0.05) is 30.3 Å². The average molecular weight is 342 g/mol. The van der Waals surface area contributed by atoms with Crippen molar-refractivity contribution in [1.29, 1.82) is 0 Å². The molecular weight excluding hydrogens is 316 g/mol. The first kappa shape index (κ1) is 17.5. The van der Waals surface area contributed by atoms with Gasteiger partial charge in [-0.15, -0.1) is 0 Å². The monoisotopic (exact) mass is 342 g/mol. The number of aliphatic hydroxyl groups excluding tert-OH is 1. The van der Waals surface area contributed by atoms with Crippen molar-refractivity contribution < 1.29 is 9.90 Å². The van der Waals surface area contributed by atoms with Gasteiger partial charge < -0.3 is 15.7 Å². The summed E-state index contributed by atoms with van der Waals surface area (Å²) in [5, 5.41) is 19.8. The molecule has 1 saturated carbocycles. The predicted molar refractivity (Wildman–Crippen MR) is 96.1 cm³/mol. The van der Waals surface area contributed by atoms with E-state index in [9.17, 15) is 9.90 Å². The van der Waals surface area contributed by atoms with Crippen molar-refractivity contribution in [3.05, 3.63) is 53.9 Å². The van der Waals surface area contributed by atoms with E-state index in [1.54, 1.807) is 6.20 Å². The van der Waals surface area contributed by atoms with Gasteiger partial charge in [-0.2, -0.15) is 5.10 Å². The van der Waals surface area contributed by atoms with E-state index >= 15 is 0 Å². The molecule has 2 aromatic rings. The lowest BCUT2D eigenvalue weighted by Gasteiger charge is -2.29. The molecule has 6 heteroatoms. The highest BCUT2D eigenvalue weighted by atomic mass is 16.3. The summed E-state index contributed by atoms with van der Waals surface area (Å²) in [5.41, 5.74) is 1.59. The van der Waals surface area contributed by atoms with Crippen LogP contribution >= 0.6 is 0 Å². The van der Waals surface area contributed by atoms with Crippen LogP contribution in [-0.4, -0.2) is 33.1 Å². The van der Waals surface area contributed by atoms with E-state index in [0.29, 0.717) is 12.5 Å². The molecule has 0 spiro atoms. The molecule has 2 atom stereocenters. The molecule has 1 aliphatic rings. The minimum Gasteiger partial charge on any atom is -0.394 e. The molecule has 134 valence electrons. The average Bonchev–Trinajstić information content (AvgIpc) is 3.36. The molecule has 3 N–H and O–H groups in total. The van der Waals surface area contributed by atoms with Crippen LogP contribution in [0, 0.1) is 5.92 Å². The van der Waals surface area contributed by atoms with Gasteiger partial charge in [-0.05, 0) is 38.2 Å². The topological polar surface area (TPSA) is 79.2 Å². The molecule has 0 aliphatic heterocycles. The Morgan fingerprint density at radius 1 is 1.40 bits per heavy atom. The third-order valence-corrected chi connectivity index (χ3v) is 4.89. The van der Waals surface area contributed by atoms with Crippen molar-refractivity contribution >= 4 is 6.03 Å². The number of nitrogens with zero attached hydrogens (tertiary/aromatic N) is 2. The van der Waals surface area contributed by atoms with Gasteiger partial charge in [-0.3, -0.25) is 4.68 Å². The maximum absolute atomic E-state index is 12.3. The summed E-state index contributed by atoms with van der Waals surface area (Å²) in [6, 6.07) is 9.70. The molecule has 25 heavy (non-hydrogen) atoms. The molecule has 1 aliphatic carbocycles. The number of benzene rings is 1. The van der Waals surface area contributed by atoms with Gasteiger partial charge in [-0.25, -0.2) is 4.79 Å². The number of carbonyl (C=O) groups is 1. The molecule has 0 bridgehead atoms. The summed E-state index contributed by atoms with van der Waals surface area (Å²) in [4.78, 5) is 12.3. The third kappa shape index (κ3) is 4.39. The van der Waals surface area contributed by atoms with Gasteiger partial charge in [0.15, 0.2) is 0 Å². The fourth-order valence-electron chi connectivity index (χ4n) is 3.03. The second-order valence-electron chi connectivity index (χ2n) is 7.13. The highest BCUT2D eigenvalue weighted by Crippen LogP contribution is 2.39. The summed E-state index contributed by atoms with van der Waals surface area (Å²) in [6.07, 6.45) is 5.84. The van der Waals surface area contributed by atoms with E-state index in [-0.39, 0.29) is 18.7 Å². The molecule has 0 saturated heterocycles. The Morgan fingerprint density at radius 2 is 2.12 bits per heavy atom. The van der Waals surface area contributed by atoms with Crippen molar-refractivity contribution in [1.82, 2.24) is 20.4 Å². The lowest BCUT2D eigenvalue weighted by atomic mass is 9.97. The van der Waals surface area contributed by atoms with Crippen LogP contribution in [0.15, 0.2) is 42.7 Å². The van der Waals surface area contributed by atoms with E-state index in [1.165, 1.54) is 5.56 Å². The van der Waals surface area contributed by atoms with E-state index in [1.807, 2.05) is 42.9 Å². The summed E-state index contributed by atoms with van der Waals surface area (Å²) in [5.74, 6) is 0.368. The second-order valence-corrected chi connectivity index (χ2v) is 7.13. The second kappa shape index (κ2) is 7.27. The summed E-state index contributed by atoms with van der Waals surface area (Å²) in [6.45, 7) is 4.47. The van der Waals surface area contributed by atoms with E-state index < -0.39 is 5.54 Å². The zero-order chi connectivity index (χ0) is 17.9. The zero-order valence-corrected chi connectivity index (χ0v) is 14.8. The number of carbonyl (C=O) groups excluding carboxylic acids is 1. The summed E-state index contributed by atoms with van der Waals surface area (Å²) < 4.78 is 1.86. The molecule has 2 unspecified atom stereocenters. The van der Waals surface area contributed by atoms with Crippen LogP contribution in [0.2, 0.25) is 0 Å².